The van der Waals surface area contributed by atoms with E-state index in [0.717, 1.165) is 11.0 Å². The van der Waals surface area contributed by atoms with Gasteiger partial charge in [-0.25, -0.2) is 8.78 Å². The van der Waals surface area contributed by atoms with E-state index in [1.165, 1.54) is 37.4 Å². The van der Waals surface area contributed by atoms with Crippen molar-refractivity contribution >= 4 is 27.5 Å². The molecule has 0 radical (unpaired) electrons. The van der Waals surface area contributed by atoms with Gasteiger partial charge >= 0.3 is 0 Å². The third-order valence-corrected chi connectivity index (χ3v) is 3.33. The molecule has 0 unspecified atom stereocenters. The predicted molar refractivity (Wildman–Crippen MR) is 73.2 cm³/mol. The summed E-state index contributed by atoms with van der Waals surface area (Å²) in [5, 5.41) is 0. The zero-order valence-electron chi connectivity index (χ0n) is 10.0. The first kappa shape index (κ1) is 13.7. The number of hydrogen-bond donors (Lipinski definition) is 0. The van der Waals surface area contributed by atoms with Crippen molar-refractivity contribution in [3.05, 3.63) is 64.1 Å². The van der Waals surface area contributed by atoms with Gasteiger partial charge in [0, 0.05) is 12.6 Å². The summed E-state index contributed by atoms with van der Waals surface area (Å²) in [4.78, 5) is 13.3. The van der Waals surface area contributed by atoms with E-state index in [4.69, 9.17) is 0 Å². The number of halogens is 3. The summed E-state index contributed by atoms with van der Waals surface area (Å²) in [6.07, 6.45) is 0. The molecule has 0 saturated carbocycles. The number of rotatable bonds is 2. The van der Waals surface area contributed by atoms with E-state index < -0.39 is 17.5 Å². The van der Waals surface area contributed by atoms with Gasteiger partial charge in [0.15, 0.2) is 0 Å². The number of para-hydroxylation sites is 1. The maximum atomic E-state index is 13.6. The average Bonchev–Trinajstić information content (AvgIpc) is 2.41. The molecule has 98 valence electrons. The van der Waals surface area contributed by atoms with E-state index in [-0.39, 0.29) is 15.7 Å². The second-order valence-electron chi connectivity index (χ2n) is 3.94. The van der Waals surface area contributed by atoms with Gasteiger partial charge in [0.05, 0.1) is 10.2 Å². The number of carbonyl (C=O) groups is 1. The standard InChI is InChI=1S/C14H10BrF2NO/c1-18(13-5-3-2-4-11(13)16)14(19)9-6-7-10(15)12(17)8-9/h2-8H,1H3. The summed E-state index contributed by atoms with van der Waals surface area (Å²) in [5.41, 5.74) is 0.308. The number of hydrogen-bond acceptors (Lipinski definition) is 1. The second kappa shape index (κ2) is 5.48. The first-order chi connectivity index (χ1) is 9.00. The lowest BCUT2D eigenvalue weighted by Crippen LogP contribution is -2.27. The van der Waals surface area contributed by atoms with Crippen LogP contribution in [0.25, 0.3) is 0 Å². The summed E-state index contributed by atoms with van der Waals surface area (Å²) in [6.45, 7) is 0. The van der Waals surface area contributed by atoms with Crippen molar-refractivity contribution in [1.29, 1.82) is 0 Å². The van der Waals surface area contributed by atoms with Crippen LogP contribution in [0.4, 0.5) is 14.5 Å². The van der Waals surface area contributed by atoms with E-state index >= 15 is 0 Å². The Morgan fingerprint density at radius 3 is 2.42 bits per heavy atom. The Bertz CT molecular complexity index is 631. The molecule has 2 aromatic carbocycles. The quantitative estimate of drug-likeness (QED) is 0.817. The van der Waals surface area contributed by atoms with Crippen LogP contribution in [0, 0.1) is 11.6 Å². The van der Waals surface area contributed by atoms with Crippen molar-refractivity contribution in [2.45, 2.75) is 0 Å². The molecule has 0 atom stereocenters. The summed E-state index contributed by atoms with van der Waals surface area (Å²) < 4.78 is 27.3. The fourth-order valence-corrected chi connectivity index (χ4v) is 1.90. The van der Waals surface area contributed by atoms with Crippen molar-refractivity contribution in [2.24, 2.45) is 0 Å². The van der Waals surface area contributed by atoms with Gasteiger partial charge in [0.25, 0.3) is 5.91 Å². The van der Waals surface area contributed by atoms with Crippen molar-refractivity contribution in [3.63, 3.8) is 0 Å². The van der Waals surface area contributed by atoms with Crippen molar-refractivity contribution < 1.29 is 13.6 Å². The van der Waals surface area contributed by atoms with Crippen LogP contribution in [-0.4, -0.2) is 13.0 Å². The lowest BCUT2D eigenvalue weighted by molar-refractivity contribution is 0.0991. The van der Waals surface area contributed by atoms with E-state index in [0.29, 0.717) is 0 Å². The molecule has 0 aliphatic rings. The van der Waals surface area contributed by atoms with Crippen LogP contribution in [0.15, 0.2) is 46.9 Å². The van der Waals surface area contributed by atoms with Crippen LogP contribution >= 0.6 is 15.9 Å². The highest BCUT2D eigenvalue weighted by Gasteiger charge is 2.17. The van der Waals surface area contributed by atoms with Gasteiger partial charge in [-0.3, -0.25) is 4.79 Å². The van der Waals surface area contributed by atoms with Crippen LogP contribution in [0.3, 0.4) is 0 Å². The fourth-order valence-electron chi connectivity index (χ4n) is 1.66. The molecule has 5 heteroatoms. The van der Waals surface area contributed by atoms with Crippen LogP contribution in [0.2, 0.25) is 0 Å². The van der Waals surface area contributed by atoms with Gasteiger partial charge in [0.1, 0.15) is 11.6 Å². The molecule has 1 amide bonds. The number of carbonyl (C=O) groups excluding carboxylic acids is 1. The Kier molecular flexibility index (Phi) is 3.95. The summed E-state index contributed by atoms with van der Waals surface area (Å²) in [6, 6.07) is 9.96. The van der Waals surface area contributed by atoms with Crippen LogP contribution in [-0.2, 0) is 0 Å². The number of benzene rings is 2. The zero-order chi connectivity index (χ0) is 14.0. The third-order valence-electron chi connectivity index (χ3n) is 2.68. The van der Waals surface area contributed by atoms with Gasteiger partial charge < -0.3 is 4.90 Å². The van der Waals surface area contributed by atoms with Crippen molar-refractivity contribution in [3.8, 4) is 0 Å². The average molecular weight is 326 g/mol. The zero-order valence-corrected chi connectivity index (χ0v) is 11.6. The fraction of sp³-hybridized carbons (Fsp3) is 0.0714. The lowest BCUT2D eigenvalue weighted by Gasteiger charge is -2.18. The number of amides is 1. The summed E-state index contributed by atoms with van der Waals surface area (Å²) >= 11 is 3.01. The van der Waals surface area contributed by atoms with Gasteiger partial charge in [-0.15, -0.1) is 0 Å². The minimum atomic E-state index is -0.534. The molecular weight excluding hydrogens is 316 g/mol. The SMILES string of the molecule is CN(C(=O)c1ccc(Br)c(F)c1)c1ccccc1F. The molecule has 0 heterocycles. The van der Waals surface area contributed by atoms with Gasteiger partial charge in [0.2, 0.25) is 0 Å². The smallest absolute Gasteiger partial charge is 0.258 e. The lowest BCUT2D eigenvalue weighted by atomic mass is 10.2. The van der Waals surface area contributed by atoms with E-state index in [9.17, 15) is 13.6 Å². The Balaban J connectivity index is 2.34. The van der Waals surface area contributed by atoms with Gasteiger partial charge in [-0.05, 0) is 46.3 Å². The molecule has 0 bridgehead atoms. The predicted octanol–water partition coefficient (Wildman–Crippen LogP) is 4.00. The monoisotopic (exact) mass is 325 g/mol. The molecule has 19 heavy (non-hydrogen) atoms. The topological polar surface area (TPSA) is 20.3 Å². The Labute approximate surface area is 117 Å². The maximum Gasteiger partial charge on any atom is 0.258 e. The molecule has 0 aliphatic carbocycles. The number of anilines is 1. The minimum absolute atomic E-state index is 0.149. The van der Waals surface area contributed by atoms with Crippen LogP contribution in [0.1, 0.15) is 10.4 Å². The minimum Gasteiger partial charge on any atom is -0.309 e. The first-order valence-electron chi connectivity index (χ1n) is 5.48. The molecular formula is C14H10BrF2NO. The highest BCUT2D eigenvalue weighted by molar-refractivity contribution is 9.10. The molecule has 2 nitrogen and oxygen atoms in total. The van der Waals surface area contributed by atoms with E-state index in [1.54, 1.807) is 6.07 Å². The number of nitrogens with zero attached hydrogens (tertiary/aromatic N) is 1. The molecule has 0 N–H and O–H groups in total. The molecule has 0 aromatic heterocycles. The van der Waals surface area contributed by atoms with Gasteiger partial charge in [-0.1, -0.05) is 12.1 Å². The molecule has 0 spiro atoms. The maximum absolute atomic E-state index is 13.6. The largest absolute Gasteiger partial charge is 0.309 e. The van der Waals surface area contributed by atoms with Crippen LogP contribution < -0.4 is 4.90 Å². The molecule has 0 fully saturated rings. The van der Waals surface area contributed by atoms with E-state index in [1.807, 2.05) is 0 Å². The Morgan fingerprint density at radius 2 is 1.79 bits per heavy atom. The molecule has 2 rings (SSSR count). The Morgan fingerprint density at radius 1 is 1.11 bits per heavy atom. The highest BCUT2D eigenvalue weighted by atomic mass is 79.9. The van der Waals surface area contributed by atoms with Crippen molar-refractivity contribution in [1.82, 2.24) is 0 Å². The normalized spacial score (nSPS) is 10.3. The van der Waals surface area contributed by atoms with E-state index in [2.05, 4.69) is 15.9 Å². The van der Waals surface area contributed by atoms with Crippen LogP contribution in [0.5, 0.6) is 0 Å². The molecule has 2 aromatic rings. The summed E-state index contributed by atoms with van der Waals surface area (Å²) in [5.74, 6) is -1.51. The van der Waals surface area contributed by atoms with Gasteiger partial charge in [-0.2, -0.15) is 0 Å². The van der Waals surface area contributed by atoms with Crippen molar-refractivity contribution in [2.75, 3.05) is 11.9 Å². The highest BCUT2D eigenvalue weighted by Crippen LogP contribution is 2.21. The molecule has 0 aliphatic heterocycles. The summed E-state index contributed by atoms with van der Waals surface area (Å²) in [7, 11) is 1.45. The molecule has 0 saturated heterocycles. The third kappa shape index (κ3) is 2.81. The first-order valence-corrected chi connectivity index (χ1v) is 6.27. The second-order valence-corrected chi connectivity index (χ2v) is 4.80. The Hall–Kier alpha value is -1.75.